The normalized spacial score (nSPS) is 20.4. The predicted molar refractivity (Wildman–Crippen MR) is 65.1 cm³/mol. The van der Waals surface area contributed by atoms with Crippen LogP contribution in [0.2, 0.25) is 0 Å². The van der Waals surface area contributed by atoms with Gasteiger partial charge in [0.25, 0.3) is 0 Å². The van der Waals surface area contributed by atoms with Gasteiger partial charge in [0.2, 0.25) is 11.9 Å². The van der Waals surface area contributed by atoms with Gasteiger partial charge in [-0.3, -0.25) is 9.69 Å². The lowest BCUT2D eigenvalue weighted by Gasteiger charge is -2.15. The summed E-state index contributed by atoms with van der Waals surface area (Å²) in [5.41, 5.74) is 11.1. The fraction of sp³-hybridized carbons (Fsp3) is 0.444. The molecule has 4 N–H and O–H groups in total. The van der Waals surface area contributed by atoms with E-state index >= 15 is 0 Å². The van der Waals surface area contributed by atoms with E-state index in [9.17, 15) is 4.79 Å². The smallest absolute Gasteiger partial charge is 0.228 e. The second-order valence-corrected chi connectivity index (χ2v) is 4.39. The van der Waals surface area contributed by atoms with E-state index in [1.807, 2.05) is 0 Å². The van der Waals surface area contributed by atoms with Crippen LogP contribution in [0.15, 0.2) is 6.07 Å². The number of amides is 1. The summed E-state index contributed by atoms with van der Waals surface area (Å²) in [5, 5.41) is 0.797. The molecule has 1 aromatic rings. The third kappa shape index (κ3) is 2.08. The maximum absolute atomic E-state index is 11.7. The minimum atomic E-state index is 0.0435. The van der Waals surface area contributed by atoms with Gasteiger partial charge in [-0.15, -0.1) is 0 Å². The van der Waals surface area contributed by atoms with E-state index in [1.54, 1.807) is 11.0 Å². The van der Waals surface area contributed by atoms with E-state index in [1.165, 1.54) is 0 Å². The summed E-state index contributed by atoms with van der Waals surface area (Å²) in [7, 11) is 0. The van der Waals surface area contributed by atoms with Crippen molar-refractivity contribution in [2.24, 2.45) is 5.92 Å². The van der Waals surface area contributed by atoms with E-state index < -0.39 is 0 Å². The quantitative estimate of drug-likeness (QED) is 0.766. The molecule has 1 amide bonds. The number of nitrogen functional groups attached to an aromatic ring is 2. The minimum absolute atomic E-state index is 0.0435. The van der Waals surface area contributed by atoms with Crippen molar-refractivity contribution in [3.63, 3.8) is 0 Å². The molecule has 0 saturated carbocycles. The Bertz CT molecular complexity index is 404. The van der Waals surface area contributed by atoms with Gasteiger partial charge >= 0.3 is 0 Å². The van der Waals surface area contributed by atoms with Gasteiger partial charge < -0.3 is 11.5 Å². The van der Waals surface area contributed by atoms with E-state index in [0.29, 0.717) is 24.7 Å². The average molecular weight is 286 g/mol. The number of aromatic nitrogens is 2. The Morgan fingerprint density at radius 2 is 2.25 bits per heavy atom. The summed E-state index contributed by atoms with van der Waals surface area (Å²) in [5.74, 6) is 1.20. The molecule has 1 fully saturated rings. The van der Waals surface area contributed by atoms with Crippen LogP contribution in [-0.2, 0) is 4.79 Å². The van der Waals surface area contributed by atoms with Crippen molar-refractivity contribution in [2.75, 3.05) is 28.2 Å². The van der Waals surface area contributed by atoms with Gasteiger partial charge in [0, 0.05) is 24.4 Å². The van der Waals surface area contributed by atoms with Crippen molar-refractivity contribution in [3.05, 3.63) is 6.07 Å². The van der Waals surface area contributed by atoms with Gasteiger partial charge in [0.15, 0.2) is 0 Å². The largest absolute Gasteiger partial charge is 0.383 e. The molecule has 1 aliphatic heterocycles. The van der Waals surface area contributed by atoms with Crippen molar-refractivity contribution in [2.45, 2.75) is 6.42 Å². The zero-order valence-corrected chi connectivity index (χ0v) is 10.1. The van der Waals surface area contributed by atoms with E-state index in [0.717, 1.165) is 5.33 Å². The molecule has 0 spiro atoms. The number of nitrogens with two attached hydrogens (primary N) is 2. The second-order valence-electron chi connectivity index (χ2n) is 3.74. The summed E-state index contributed by atoms with van der Waals surface area (Å²) in [4.78, 5) is 21.1. The van der Waals surface area contributed by atoms with Crippen LogP contribution in [0.4, 0.5) is 17.6 Å². The SMILES string of the molecule is Nc1cc(N2CC(CBr)CC2=O)nc(N)n1. The Labute approximate surface area is 101 Å². The number of rotatable bonds is 2. The Hall–Kier alpha value is -1.37. The number of hydrogen-bond acceptors (Lipinski definition) is 5. The Kier molecular flexibility index (Phi) is 2.95. The molecular formula is C9H12BrN5O. The lowest BCUT2D eigenvalue weighted by Crippen LogP contribution is -2.26. The van der Waals surface area contributed by atoms with Crippen LogP contribution in [-0.4, -0.2) is 27.7 Å². The Morgan fingerprint density at radius 1 is 1.50 bits per heavy atom. The predicted octanol–water partition coefficient (Wildman–Crippen LogP) is 0.389. The van der Waals surface area contributed by atoms with E-state index in [2.05, 4.69) is 25.9 Å². The van der Waals surface area contributed by atoms with Gasteiger partial charge in [-0.2, -0.15) is 9.97 Å². The third-order valence-electron chi connectivity index (χ3n) is 2.45. The first-order valence-corrected chi connectivity index (χ1v) is 5.98. The number of carbonyl (C=O) groups excluding carboxylic acids is 1. The molecule has 0 aromatic carbocycles. The lowest BCUT2D eigenvalue weighted by molar-refractivity contribution is -0.117. The minimum Gasteiger partial charge on any atom is -0.383 e. The van der Waals surface area contributed by atoms with Crippen LogP contribution in [0.3, 0.4) is 0 Å². The van der Waals surface area contributed by atoms with Crippen LogP contribution >= 0.6 is 15.9 Å². The van der Waals surface area contributed by atoms with Gasteiger partial charge in [-0.05, 0) is 5.92 Å². The van der Waals surface area contributed by atoms with Gasteiger partial charge in [0.1, 0.15) is 11.6 Å². The average Bonchev–Trinajstić information content (AvgIpc) is 2.58. The molecule has 2 heterocycles. The molecule has 16 heavy (non-hydrogen) atoms. The number of alkyl halides is 1. The van der Waals surface area contributed by atoms with Crippen molar-refractivity contribution >= 4 is 39.4 Å². The highest BCUT2D eigenvalue weighted by atomic mass is 79.9. The maximum Gasteiger partial charge on any atom is 0.228 e. The number of halogens is 1. The van der Waals surface area contributed by atoms with Gasteiger partial charge in [-0.25, -0.2) is 0 Å². The Morgan fingerprint density at radius 3 is 2.81 bits per heavy atom. The molecule has 7 heteroatoms. The summed E-state index contributed by atoms with van der Waals surface area (Å²) < 4.78 is 0. The fourth-order valence-electron chi connectivity index (χ4n) is 1.72. The van der Waals surface area contributed by atoms with Crippen molar-refractivity contribution < 1.29 is 4.79 Å². The highest BCUT2D eigenvalue weighted by Crippen LogP contribution is 2.25. The van der Waals surface area contributed by atoms with Crippen LogP contribution in [0.25, 0.3) is 0 Å². The number of nitrogens with zero attached hydrogens (tertiary/aromatic N) is 3. The first-order valence-electron chi connectivity index (χ1n) is 4.86. The molecule has 0 aliphatic carbocycles. The molecule has 6 nitrogen and oxygen atoms in total. The molecule has 1 aromatic heterocycles. The third-order valence-corrected chi connectivity index (χ3v) is 3.37. The maximum atomic E-state index is 11.7. The highest BCUT2D eigenvalue weighted by molar-refractivity contribution is 9.09. The molecule has 0 radical (unpaired) electrons. The van der Waals surface area contributed by atoms with E-state index in [4.69, 9.17) is 11.5 Å². The van der Waals surface area contributed by atoms with Crippen LogP contribution in [0, 0.1) is 5.92 Å². The molecule has 1 aliphatic rings. The zero-order chi connectivity index (χ0) is 11.7. The summed E-state index contributed by atoms with van der Waals surface area (Å²) in [6.07, 6.45) is 0.523. The van der Waals surface area contributed by atoms with Crippen LogP contribution in [0.5, 0.6) is 0 Å². The second kappa shape index (κ2) is 4.25. The zero-order valence-electron chi connectivity index (χ0n) is 8.56. The molecule has 1 unspecified atom stereocenters. The lowest BCUT2D eigenvalue weighted by atomic mass is 10.2. The number of anilines is 3. The first kappa shape index (κ1) is 11.1. The molecule has 86 valence electrons. The van der Waals surface area contributed by atoms with Crippen LogP contribution in [0.1, 0.15) is 6.42 Å². The van der Waals surface area contributed by atoms with Crippen LogP contribution < -0.4 is 16.4 Å². The van der Waals surface area contributed by atoms with Crippen molar-refractivity contribution in [1.29, 1.82) is 0 Å². The van der Waals surface area contributed by atoms with Gasteiger partial charge in [-0.1, -0.05) is 15.9 Å². The molecule has 0 bridgehead atoms. The van der Waals surface area contributed by atoms with Crippen molar-refractivity contribution in [3.8, 4) is 0 Å². The highest BCUT2D eigenvalue weighted by Gasteiger charge is 2.30. The molecule has 2 rings (SSSR count). The topological polar surface area (TPSA) is 98.1 Å². The van der Waals surface area contributed by atoms with Crippen molar-refractivity contribution in [1.82, 2.24) is 9.97 Å². The molecular weight excluding hydrogens is 274 g/mol. The fourth-order valence-corrected chi connectivity index (χ4v) is 2.15. The standard InChI is InChI=1S/C9H12BrN5O/c10-3-5-1-8(16)15(4-5)7-2-6(11)13-9(12)14-7/h2,5H,1,3-4H2,(H4,11,12,13,14). The van der Waals surface area contributed by atoms with Gasteiger partial charge in [0.05, 0.1) is 0 Å². The summed E-state index contributed by atoms with van der Waals surface area (Å²) >= 11 is 3.37. The summed E-state index contributed by atoms with van der Waals surface area (Å²) in [6, 6.07) is 1.56. The molecule has 1 saturated heterocycles. The monoisotopic (exact) mass is 285 g/mol. The van der Waals surface area contributed by atoms with E-state index in [-0.39, 0.29) is 17.7 Å². The number of hydrogen-bond donors (Lipinski definition) is 2. The summed E-state index contributed by atoms with van der Waals surface area (Å²) in [6.45, 7) is 0.639. The molecule has 1 atom stereocenters. The number of carbonyl (C=O) groups is 1. The first-order chi connectivity index (χ1) is 7.60. The Balaban J connectivity index is 2.27.